The van der Waals surface area contributed by atoms with Gasteiger partial charge < -0.3 is 14.6 Å². The van der Waals surface area contributed by atoms with Gasteiger partial charge in [-0.05, 0) is 30.9 Å². The lowest BCUT2D eigenvalue weighted by Crippen LogP contribution is -2.44. The second kappa shape index (κ2) is 6.19. The van der Waals surface area contributed by atoms with Crippen LogP contribution < -0.4 is 5.32 Å². The van der Waals surface area contributed by atoms with Crippen LogP contribution in [0.3, 0.4) is 0 Å². The quantitative estimate of drug-likeness (QED) is 0.926. The maximum Gasteiger partial charge on any atom is 0.471 e. The van der Waals surface area contributed by atoms with E-state index in [0.29, 0.717) is 25.9 Å². The SMILES string of the molecule is O=C(c1ccco1)N1CCC(CNC(=O)C(F)(F)F)CC1. The van der Waals surface area contributed by atoms with Crippen LogP contribution in [0.5, 0.6) is 0 Å². The van der Waals surface area contributed by atoms with Gasteiger partial charge in [-0.1, -0.05) is 0 Å². The summed E-state index contributed by atoms with van der Waals surface area (Å²) in [5.74, 6) is -1.95. The molecule has 2 rings (SSSR count). The van der Waals surface area contributed by atoms with Crippen molar-refractivity contribution < 1.29 is 27.2 Å². The molecule has 2 heterocycles. The molecule has 21 heavy (non-hydrogen) atoms. The zero-order chi connectivity index (χ0) is 15.5. The summed E-state index contributed by atoms with van der Waals surface area (Å²) in [6, 6.07) is 3.19. The summed E-state index contributed by atoms with van der Waals surface area (Å²) < 4.78 is 41.2. The highest BCUT2D eigenvalue weighted by molar-refractivity contribution is 5.91. The summed E-state index contributed by atoms with van der Waals surface area (Å²) in [4.78, 5) is 24.3. The molecule has 0 atom stereocenters. The highest BCUT2D eigenvalue weighted by Crippen LogP contribution is 2.20. The number of rotatable bonds is 3. The number of nitrogens with zero attached hydrogens (tertiary/aromatic N) is 1. The summed E-state index contributed by atoms with van der Waals surface area (Å²) in [6.45, 7) is 0.847. The summed E-state index contributed by atoms with van der Waals surface area (Å²) in [5, 5.41) is 1.88. The molecule has 0 bridgehead atoms. The number of piperidine rings is 1. The van der Waals surface area contributed by atoms with E-state index < -0.39 is 12.1 Å². The van der Waals surface area contributed by atoms with E-state index in [2.05, 4.69) is 0 Å². The Morgan fingerprint density at radius 2 is 2.00 bits per heavy atom. The van der Waals surface area contributed by atoms with E-state index in [1.807, 2.05) is 5.32 Å². The Labute approximate surface area is 119 Å². The van der Waals surface area contributed by atoms with Gasteiger partial charge >= 0.3 is 12.1 Å². The molecule has 0 radical (unpaired) electrons. The van der Waals surface area contributed by atoms with Crippen LogP contribution in [0.2, 0.25) is 0 Å². The van der Waals surface area contributed by atoms with E-state index in [4.69, 9.17) is 4.42 Å². The van der Waals surface area contributed by atoms with Crippen molar-refractivity contribution >= 4 is 11.8 Å². The van der Waals surface area contributed by atoms with Gasteiger partial charge in [0.2, 0.25) is 0 Å². The fraction of sp³-hybridized carbons (Fsp3) is 0.538. The lowest BCUT2D eigenvalue weighted by atomic mass is 9.96. The van der Waals surface area contributed by atoms with Crippen molar-refractivity contribution in [3.8, 4) is 0 Å². The van der Waals surface area contributed by atoms with Gasteiger partial charge in [0.15, 0.2) is 5.76 Å². The van der Waals surface area contributed by atoms with Gasteiger partial charge in [0.1, 0.15) is 0 Å². The molecular weight excluding hydrogens is 289 g/mol. The van der Waals surface area contributed by atoms with Gasteiger partial charge in [-0.2, -0.15) is 13.2 Å². The summed E-state index contributed by atoms with van der Waals surface area (Å²) in [5.41, 5.74) is 0. The third-order valence-corrected chi connectivity index (χ3v) is 3.44. The number of carbonyl (C=O) groups excluding carboxylic acids is 2. The number of hydrogen-bond acceptors (Lipinski definition) is 3. The third kappa shape index (κ3) is 3.99. The number of likely N-dealkylation sites (tertiary alicyclic amines) is 1. The molecule has 1 aliphatic heterocycles. The second-order valence-electron chi connectivity index (χ2n) is 4.92. The molecule has 116 valence electrons. The van der Waals surface area contributed by atoms with Gasteiger partial charge in [-0.3, -0.25) is 9.59 Å². The van der Waals surface area contributed by atoms with E-state index in [9.17, 15) is 22.8 Å². The molecule has 2 amide bonds. The molecule has 1 aliphatic rings. The molecule has 0 spiro atoms. The normalized spacial score (nSPS) is 16.8. The highest BCUT2D eigenvalue weighted by Gasteiger charge is 2.38. The van der Waals surface area contributed by atoms with Crippen LogP contribution in [-0.2, 0) is 4.79 Å². The van der Waals surface area contributed by atoms with Gasteiger partial charge in [-0.15, -0.1) is 0 Å². The maximum atomic E-state index is 12.1. The third-order valence-electron chi connectivity index (χ3n) is 3.44. The standard InChI is InChI=1S/C13H15F3N2O3/c14-13(15,16)12(20)17-8-9-3-5-18(6-4-9)11(19)10-2-1-7-21-10/h1-2,7,9H,3-6,8H2,(H,17,20). The topological polar surface area (TPSA) is 62.6 Å². The number of hydrogen-bond donors (Lipinski definition) is 1. The molecule has 0 unspecified atom stereocenters. The van der Waals surface area contributed by atoms with Crippen LogP contribution in [0, 0.1) is 5.92 Å². The van der Waals surface area contributed by atoms with Crippen molar-refractivity contribution in [1.29, 1.82) is 0 Å². The van der Waals surface area contributed by atoms with Crippen LogP contribution in [0.1, 0.15) is 23.4 Å². The Balaban J connectivity index is 1.76. The van der Waals surface area contributed by atoms with Gasteiger partial charge in [0.05, 0.1) is 6.26 Å². The Hall–Kier alpha value is -1.99. The Morgan fingerprint density at radius 1 is 1.33 bits per heavy atom. The number of carbonyl (C=O) groups is 2. The molecule has 1 aromatic heterocycles. The molecule has 1 fully saturated rings. The average Bonchev–Trinajstić information content (AvgIpc) is 2.97. The van der Waals surface area contributed by atoms with Gasteiger partial charge in [0, 0.05) is 19.6 Å². The Bertz CT molecular complexity index is 491. The Morgan fingerprint density at radius 3 is 2.52 bits per heavy atom. The number of amides is 2. The van der Waals surface area contributed by atoms with Gasteiger partial charge in [0.25, 0.3) is 5.91 Å². The van der Waals surface area contributed by atoms with Crippen LogP contribution in [0.15, 0.2) is 22.8 Å². The predicted molar refractivity (Wildman–Crippen MR) is 66.4 cm³/mol. The minimum atomic E-state index is -4.85. The largest absolute Gasteiger partial charge is 0.471 e. The van der Waals surface area contributed by atoms with Crippen LogP contribution in [0.25, 0.3) is 0 Å². The van der Waals surface area contributed by atoms with E-state index in [1.165, 1.54) is 6.26 Å². The maximum absolute atomic E-state index is 12.1. The predicted octanol–water partition coefficient (Wildman–Crippen LogP) is 1.81. The average molecular weight is 304 g/mol. The van der Waals surface area contributed by atoms with Crippen molar-refractivity contribution in [1.82, 2.24) is 10.2 Å². The lowest BCUT2D eigenvalue weighted by Gasteiger charge is -2.31. The van der Waals surface area contributed by atoms with E-state index in [0.717, 1.165) is 0 Å². The summed E-state index contributed by atoms with van der Waals surface area (Å²) in [7, 11) is 0. The van der Waals surface area contributed by atoms with E-state index >= 15 is 0 Å². The number of halogens is 3. The van der Waals surface area contributed by atoms with Gasteiger partial charge in [-0.25, -0.2) is 0 Å². The fourth-order valence-electron chi connectivity index (χ4n) is 2.23. The molecule has 0 aromatic carbocycles. The first-order valence-corrected chi connectivity index (χ1v) is 6.55. The molecule has 1 N–H and O–H groups in total. The van der Waals surface area contributed by atoms with Crippen molar-refractivity contribution in [2.45, 2.75) is 19.0 Å². The van der Waals surface area contributed by atoms with Crippen LogP contribution in [-0.4, -0.2) is 42.5 Å². The fourth-order valence-corrected chi connectivity index (χ4v) is 2.23. The minimum Gasteiger partial charge on any atom is -0.459 e. The van der Waals surface area contributed by atoms with Crippen molar-refractivity contribution in [3.05, 3.63) is 24.2 Å². The summed E-state index contributed by atoms with van der Waals surface area (Å²) in [6.07, 6.45) is -2.35. The number of furan rings is 1. The molecule has 1 aromatic rings. The number of nitrogens with one attached hydrogen (secondary N) is 1. The zero-order valence-corrected chi connectivity index (χ0v) is 11.2. The second-order valence-corrected chi connectivity index (χ2v) is 4.92. The van der Waals surface area contributed by atoms with E-state index in [-0.39, 0.29) is 24.1 Å². The molecule has 0 saturated carbocycles. The van der Waals surface area contributed by atoms with E-state index in [1.54, 1.807) is 17.0 Å². The smallest absolute Gasteiger partial charge is 0.459 e. The van der Waals surface area contributed by atoms with Crippen molar-refractivity contribution in [2.75, 3.05) is 19.6 Å². The summed E-state index contributed by atoms with van der Waals surface area (Å²) >= 11 is 0. The lowest BCUT2D eigenvalue weighted by molar-refractivity contribution is -0.173. The van der Waals surface area contributed by atoms with Crippen molar-refractivity contribution in [3.63, 3.8) is 0 Å². The Kier molecular flexibility index (Phi) is 4.54. The monoisotopic (exact) mass is 304 g/mol. The molecule has 1 saturated heterocycles. The molecule has 8 heteroatoms. The first kappa shape index (κ1) is 15.4. The minimum absolute atomic E-state index is 0.0267. The first-order chi connectivity index (χ1) is 9.88. The zero-order valence-electron chi connectivity index (χ0n) is 11.2. The molecule has 5 nitrogen and oxygen atoms in total. The molecule has 0 aliphatic carbocycles. The van der Waals surface area contributed by atoms with Crippen LogP contribution >= 0.6 is 0 Å². The molecular formula is C13H15F3N2O3. The highest BCUT2D eigenvalue weighted by atomic mass is 19.4. The first-order valence-electron chi connectivity index (χ1n) is 6.55. The van der Waals surface area contributed by atoms with Crippen LogP contribution in [0.4, 0.5) is 13.2 Å². The van der Waals surface area contributed by atoms with Crippen molar-refractivity contribution in [2.24, 2.45) is 5.92 Å². The number of alkyl halides is 3.